The number of nitrogens with zero attached hydrogens (tertiary/aromatic N) is 3. The summed E-state index contributed by atoms with van der Waals surface area (Å²) in [5.74, 6) is -1.33. The Morgan fingerprint density at radius 1 is 1.16 bits per heavy atom. The normalized spacial score (nSPS) is 20.4. The predicted octanol–water partition coefficient (Wildman–Crippen LogP) is 5.86. The van der Waals surface area contributed by atoms with Crippen molar-refractivity contribution in [1.29, 1.82) is 0 Å². The number of rotatable bonds is 6. The summed E-state index contributed by atoms with van der Waals surface area (Å²) in [6.45, 7) is 6.84. The second-order valence-corrected chi connectivity index (χ2v) is 12.0. The van der Waals surface area contributed by atoms with Gasteiger partial charge in [-0.2, -0.15) is 0 Å². The fourth-order valence-corrected chi connectivity index (χ4v) is 6.02. The zero-order valence-corrected chi connectivity index (χ0v) is 24.0. The summed E-state index contributed by atoms with van der Waals surface area (Å²) in [6, 6.07) is 9.53. The maximum absolute atomic E-state index is 13.8. The van der Waals surface area contributed by atoms with Gasteiger partial charge < -0.3 is 15.1 Å². The number of fused-ring (bicyclic) bond motifs is 2. The van der Waals surface area contributed by atoms with Crippen molar-refractivity contribution >= 4 is 57.9 Å². The first-order chi connectivity index (χ1) is 17.9. The number of benzene rings is 2. The number of amides is 2. The molecule has 1 fully saturated rings. The number of nitrogens with one attached hydrogen (secondary N) is 1. The molecule has 0 bridgehead atoms. The third-order valence-electron chi connectivity index (χ3n) is 7.06. The number of para-hydroxylation sites is 1. The minimum atomic E-state index is -0.774. The van der Waals surface area contributed by atoms with Crippen LogP contribution >= 0.6 is 23.2 Å². The van der Waals surface area contributed by atoms with Gasteiger partial charge in [0, 0.05) is 35.6 Å². The maximum Gasteiger partial charge on any atom is 0.253 e. The average molecular weight is 558 g/mol. The zero-order chi connectivity index (χ0) is 27.8. The summed E-state index contributed by atoms with van der Waals surface area (Å²) >= 11 is 12.9. The minimum absolute atomic E-state index is 0.00948. The highest BCUT2D eigenvalue weighted by molar-refractivity contribution is 6.35. The second-order valence-electron chi connectivity index (χ2n) is 11.2. The molecule has 1 heterocycles. The Balaban J connectivity index is 1.91. The van der Waals surface area contributed by atoms with Crippen molar-refractivity contribution in [1.82, 2.24) is 10.2 Å². The Morgan fingerprint density at radius 2 is 1.89 bits per heavy atom. The van der Waals surface area contributed by atoms with Gasteiger partial charge in [0.05, 0.1) is 28.9 Å². The van der Waals surface area contributed by atoms with Gasteiger partial charge in [0.1, 0.15) is 5.78 Å². The first-order valence-electron chi connectivity index (χ1n) is 12.8. The summed E-state index contributed by atoms with van der Waals surface area (Å²) in [5.41, 5.74) is 2.19. The number of hydrogen-bond donors (Lipinski definition) is 1. The number of Topliss-reactive ketones (excluding diaryl/α,β-unsaturated/α-hetero) is 1. The van der Waals surface area contributed by atoms with Crippen LogP contribution in [0.15, 0.2) is 41.4 Å². The van der Waals surface area contributed by atoms with Crippen LogP contribution < -0.4 is 10.2 Å². The van der Waals surface area contributed by atoms with Crippen LogP contribution in [0.3, 0.4) is 0 Å². The van der Waals surface area contributed by atoms with E-state index in [9.17, 15) is 14.4 Å². The van der Waals surface area contributed by atoms with E-state index in [0.29, 0.717) is 57.6 Å². The first kappa shape index (κ1) is 28.3. The van der Waals surface area contributed by atoms with Gasteiger partial charge in [-0.25, -0.2) is 0 Å². The van der Waals surface area contributed by atoms with Gasteiger partial charge in [-0.15, -0.1) is 0 Å². The highest BCUT2D eigenvalue weighted by Gasteiger charge is 2.48. The molecule has 1 N–H and O–H groups in total. The number of aliphatic imine (C=N–C) groups is 1. The number of carbonyl (C=O) groups is 3. The third kappa shape index (κ3) is 5.80. The van der Waals surface area contributed by atoms with Crippen LogP contribution in [0, 0.1) is 11.3 Å². The number of carbonyl (C=O) groups excluding carboxylic acids is 3. The highest BCUT2D eigenvalue weighted by Crippen LogP contribution is 2.50. The van der Waals surface area contributed by atoms with E-state index in [1.807, 2.05) is 27.9 Å². The van der Waals surface area contributed by atoms with Crippen LogP contribution in [-0.2, 0) is 9.59 Å². The Labute approximate surface area is 234 Å². The van der Waals surface area contributed by atoms with E-state index < -0.39 is 12.0 Å². The molecule has 1 aliphatic carbocycles. The van der Waals surface area contributed by atoms with Crippen LogP contribution in [0.25, 0.3) is 0 Å². The lowest BCUT2D eigenvalue weighted by molar-refractivity contribution is -0.124. The van der Waals surface area contributed by atoms with Crippen molar-refractivity contribution in [2.75, 3.05) is 32.1 Å². The molecule has 2 amide bonds. The van der Waals surface area contributed by atoms with Crippen LogP contribution in [-0.4, -0.2) is 55.4 Å². The lowest BCUT2D eigenvalue weighted by Gasteiger charge is -2.41. The molecule has 9 heteroatoms. The maximum atomic E-state index is 13.8. The van der Waals surface area contributed by atoms with E-state index in [1.165, 1.54) is 11.8 Å². The standard InChI is InChI=1S/C29H34Cl2N4O3/c1-17(36)35-26-20(28(38)32-12-7-13-34(4)5)8-6-9-22(26)33-23-15-29(2,3)16-24(37)25(23)27(35)19-11-10-18(30)14-21(19)31/h6,8-11,14,25,27H,7,12-13,15-16H2,1-5H3,(H,32,38). The number of ketones is 1. The van der Waals surface area contributed by atoms with Crippen LogP contribution in [0.1, 0.15) is 62.0 Å². The van der Waals surface area contributed by atoms with Crippen LogP contribution in [0.4, 0.5) is 11.4 Å². The molecule has 7 nitrogen and oxygen atoms in total. The van der Waals surface area contributed by atoms with Gasteiger partial charge >= 0.3 is 0 Å². The number of hydrogen-bond acceptors (Lipinski definition) is 5. The van der Waals surface area contributed by atoms with Crippen molar-refractivity contribution in [3.05, 3.63) is 57.6 Å². The molecule has 0 saturated heterocycles. The molecule has 202 valence electrons. The fraction of sp³-hybridized carbons (Fsp3) is 0.448. The molecule has 1 saturated carbocycles. The SMILES string of the molecule is CC(=O)N1c2c(cccc2C(=O)NCCCN(C)C)N=C2CC(C)(C)CC(=O)C2C1c1ccc(Cl)cc1Cl. The molecule has 1 aliphatic heterocycles. The third-order valence-corrected chi connectivity index (χ3v) is 7.63. The largest absolute Gasteiger partial charge is 0.352 e. The fourth-order valence-electron chi connectivity index (χ4n) is 5.50. The molecule has 2 unspecified atom stereocenters. The highest BCUT2D eigenvalue weighted by atomic mass is 35.5. The van der Waals surface area contributed by atoms with Gasteiger partial charge in [0.2, 0.25) is 5.91 Å². The number of halogens is 2. The van der Waals surface area contributed by atoms with Crippen molar-refractivity contribution in [2.45, 2.75) is 46.1 Å². The Morgan fingerprint density at radius 3 is 2.55 bits per heavy atom. The van der Waals surface area contributed by atoms with Crippen LogP contribution in [0.2, 0.25) is 10.0 Å². The zero-order valence-electron chi connectivity index (χ0n) is 22.5. The molecule has 0 radical (unpaired) electrons. The van der Waals surface area contributed by atoms with Gasteiger partial charge in [-0.3, -0.25) is 19.4 Å². The van der Waals surface area contributed by atoms with Crippen LogP contribution in [0.5, 0.6) is 0 Å². The lowest BCUT2D eigenvalue weighted by atomic mass is 9.68. The van der Waals surface area contributed by atoms with Gasteiger partial charge in [0.15, 0.2) is 0 Å². The van der Waals surface area contributed by atoms with E-state index >= 15 is 0 Å². The van der Waals surface area contributed by atoms with E-state index in [-0.39, 0.29) is 23.0 Å². The monoisotopic (exact) mass is 556 g/mol. The van der Waals surface area contributed by atoms with E-state index in [4.69, 9.17) is 28.2 Å². The number of anilines is 1. The molecule has 2 aliphatic rings. The van der Waals surface area contributed by atoms with Crippen molar-refractivity contribution in [3.8, 4) is 0 Å². The molecular formula is C29H34Cl2N4O3. The van der Waals surface area contributed by atoms with Gasteiger partial charge in [-0.05, 0) is 68.7 Å². The van der Waals surface area contributed by atoms with Gasteiger partial charge in [-0.1, -0.05) is 49.2 Å². The van der Waals surface area contributed by atoms with Crippen molar-refractivity contribution < 1.29 is 14.4 Å². The van der Waals surface area contributed by atoms with E-state index in [1.54, 1.807) is 36.4 Å². The van der Waals surface area contributed by atoms with E-state index in [0.717, 1.165) is 13.0 Å². The van der Waals surface area contributed by atoms with E-state index in [2.05, 4.69) is 10.2 Å². The quantitative estimate of drug-likeness (QED) is 0.451. The molecule has 2 aromatic carbocycles. The first-order valence-corrected chi connectivity index (χ1v) is 13.6. The van der Waals surface area contributed by atoms with Crippen molar-refractivity contribution in [3.63, 3.8) is 0 Å². The summed E-state index contributed by atoms with van der Waals surface area (Å²) < 4.78 is 0. The molecule has 2 aromatic rings. The Bertz CT molecular complexity index is 1300. The van der Waals surface area contributed by atoms with Gasteiger partial charge in [0.25, 0.3) is 5.91 Å². The van der Waals surface area contributed by atoms with Crippen molar-refractivity contribution in [2.24, 2.45) is 16.3 Å². The molecule has 2 atom stereocenters. The summed E-state index contributed by atoms with van der Waals surface area (Å²) in [6.07, 6.45) is 1.71. The molecule has 38 heavy (non-hydrogen) atoms. The predicted molar refractivity (Wildman–Crippen MR) is 153 cm³/mol. The Kier molecular flexibility index (Phi) is 8.31. The Hall–Kier alpha value is -2.74. The smallest absolute Gasteiger partial charge is 0.253 e. The minimum Gasteiger partial charge on any atom is -0.352 e. The molecular weight excluding hydrogens is 523 g/mol. The topological polar surface area (TPSA) is 82.1 Å². The summed E-state index contributed by atoms with van der Waals surface area (Å²) in [5, 5.41) is 3.78. The summed E-state index contributed by atoms with van der Waals surface area (Å²) in [4.78, 5) is 49.2. The molecule has 0 aromatic heterocycles. The molecule has 4 rings (SSSR count). The molecule has 0 spiro atoms. The lowest BCUT2D eigenvalue weighted by Crippen LogP contribution is -2.47. The summed E-state index contributed by atoms with van der Waals surface area (Å²) in [7, 11) is 3.96. The second kappa shape index (κ2) is 11.2. The average Bonchev–Trinajstić information content (AvgIpc) is 2.95.